The van der Waals surface area contributed by atoms with E-state index in [2.05, 4.69) is 414 Å². The first-order valence-corrected chi connectivity index (χ1v) is 34.1. The van der Waals surface area contributed by atoms with Crippen molar-refractivity contribution in [2.45, 2.75) is 6.04 Å². The predicted molar refractivity (Wildman–Crippen MR) is 422 cm³/mol. The number of hydrogen-bond donors (Lipinski definition) is 0. The van der Waals surface area contributed by atoms with Crippen molar-refractivity contribution < 1.29 is 0 Å². The van der Waals surface area contributed by atoms with Crippen LogP contribution < -0.4 is 19.6 Å². The number of benzene rings is 17. The number of allylic oxidation sites excluding steroid dienone is 2. The van der Waals surface area contributed by atoms with Gasteiger partial charge in [0.2, 0.25) is 0 Å². The molecule has 0 atom stereocenters. The van der Waals surface area contributed by atoms with Gasteiger partial charge >= 0.3 is 0 Å². The van der Waals surface area contributed by atoms with Gasteiger partial charge in [-0.25, -0.2) is 0 Å². The maximum absolute atomic E-state index is 2.50. The van der Waals surface area contributed by atoms with Crippen LogP contribution in [0.3, 0.4) is 0 Å². The third-order valence-electron chi connectivity index (χ3n) is 19.8. The van der Waals surface area contributed by atoms with Crippen LogP contribution in [0.15, 0.2) is 394 Å². The molecule has 0 unspecified atom stereocenters. The maximum atomic E-state index is 2.50. The molecule has 0 spiro atoms. The molecule has 1 aliphatic carbocycles. The molecule has 0 aromatic heterocycles. The van der Waals surface area contributed by atoms with Crippen LogP contribution in [-0.2, 0) is 0 Å². The van der Waals surface area contributed by atoms with Gasteiger partial charge in [-0.15, -0.1) is 0 Å². The Morgan fingerprint density at radius 2 is 0.364 bits per heavy atom. The highest BCUT2D eigenvalue weighted by Crippen LogP contribution is 2.53. The summed E-state index contributed by atoms with van der Waals surface area (Å²) >= 11 is 0. The van der Waals surface area contributed by atoms with Gasteiger partial charge in [0.25, 0.3) is 0 Å². The summed E-state index contributed by atoms with van der Waals surface area (Å²) < 4.78 is 0. The zero-order valence-corrected chi connectivity index (χ0v) is 54.4. The molecule has 0 N–H and O–H groups in total. The summed E-state index contributed by atoms with van der Waals surface area (Å²) in [4.78, 5) is 9.77. The Balaban J connectivity index is 0.799. The molecule has 0 fully saturated rings. The highest BCUT2D eigenvalue weighted by molar-refractivity contribution is 6.25. The van der Waals surface area contributed by atoms with E-state index in [1.807, 2.05) is 0 Å². The van der Waals surface area contributed by atoms with Crippen molar-refractivity contribution in [1.29, 1.82) is 0 Å². The number of para-hydroxylation sites is 5. The smallest absolute Gasteiger partial charge is 0.0712 e. The molecule has 0 saturated heterocycles. The van der Waals surface area contributed by atoms with Crippen LogP contribution in [0.2, 0.25) is 0 Å². The minimum atomic E-state index is 0.0589. The molecule has 4 heteroatoms. The summed E-state index contributed by atoms with van der Waals surface area (Å²) in [6, 6.07) is 135. The van der Waals surface area contributed by atoms with Crippen LogP contribution in [0, 0.1) is 0 Å². The molecule has 17 aromatic carbocycles. The third-order valence-corrected chi connectivity index (χ3v) is 19.8. The number of rotatable bonds is 15. The topological polar surface area (TPSA) is 13.0 Å². The van der Waals surface area contributed by atoms with Gasteiger partial charge in [0.1, 0.15) is 0 Å². The Bertz CT molecular complexity index is 5390. The van der Waals surface area contributed by atoms with E-state index in [0.29, 0.717) is 0 Å². The predicted octanol–water partition coefficient (Wildman–Crippen LogP) is 26.6. The second kappa shape index (κ2) is 25.3. The molecule has 0 aliphatic heterocycles. The van der Waals surface area contributed by atoms with Gasteiger partial charge in [-0.1, -0.05) is 297 Å². The highest BCUT2D eigenvalue weighted by Gasteiger charge is 2.28. The van der Waals surface area contributed by atoms with Crippen molar-refractivity contribution in [3.63, 3.8) is 0 Å². The summed E-state index contributed by atoms with van der Waals surface area (Å²) in [6.45, 7) is 0. The summed E-state index contributed by atoms with van der Waals surface area (Å²) in [6.07, 6.45) is 8.91. The van der Waals surface area contributed by atoms with E-state index in [4.69, 9.17) is 0 Å². The first-order chi connectivity index (χ1) is 49.2. The molecule has 466 valence electrons. The maximum Gasteiger partial charge on any atom is 0.0712 e. The number of anilines is 11. The van der Waals surface area contributed by atoms with Crippen LogP contribution in [0.25, 0.3) is 98.0 Å². The molecule has 1 aliphatic rings. The van der Waals surface area contributed by atoms with Gasteiger partial charge in [-0.05, 0) is 163 Å². The molecule has 0 saturated carbocycles. The minimum absolute atomic E-state index is 0.0589. The molecule has 99 heavy (non-hydrogen) atoms. The quantitative estimate of drug-likeness (QED) is 0.0949. The Kier molecular flexibility index (Phi) is 14.9. The van der Waals surface area contributed by atoms with E-state index in [9.17, 15) is 0 Å². The zero-order chi connectivity index (χ0) is 65.6. The van der Waals surface area contributed by atoms with Crippen LogP contribution in [0.5, 0.6) is 0 Å². The molecular weight excluding hydrogens is 1200 g/mol. The van der Waals surface area contributed by atoms with Crippen LogP contribution in [0.1, 0.15) is 0 Å². The van der Waals surface area contributed by atoms with Crippen molar-refractivity contribution >= 4 is 127 Å². The average Bonchev–Trinajstić information content (AvgIpc) is 0.903. The molecular formula is C95H66N4. The van der Waals surface area contributed by atoms with Crippen molar-refractivity contribution in [3.05, 3.63) is 394 Å². The molecule has 0 amide bonds. The average molecular weight is 1260 g/mol. The van der Waals surface area contributed by atoms with E-state index in [1.165, 1.54) is 87.0 Å². The first-order valence-electron chi connectivity index (χ1n) is 34.1. The van der Waals surface area contributed by atoms with E-state index >= 15 is 0 Å². The van der Waals surface area contributed by atoms with Gasteiger partial charge in [0.15, 0.2) is 0 Å². The molecule has 4 nitrogen and oxygen atoms in total. The summed E-state index contributed by atoms with van der Waals surface area (Å²) in [5.41, 5.74) is 19.2. The van der Waals surface area contributed by atoms with Gasteiger partial charge in [0.05, 0.1) is 23.1 Å². The first kappa shape index (κ1) is 58.5. The lowest BCUT2D eigenvalue weighted by atomic mass is 9.89. The number of fused-ring (bicyclic) bond motifs is 6. The van der Waals surface area contributed by atoms with Crippen LogP contribution in [-0.4, -0.2) is 6.04 Å². The summed E-state index contributed by atoms with van der Waals surface area (Å²) in [5.74, 6) is 0. The lowest BCUT2D eigenvalue weighted by molar-refractivity contribution is 0.964. The monoisotopic (exact) mass is 1260 g/mol. The summed E-state index contributed by atoms with van der Waals surface area (Å²) in [7, 11) is 0. The Labute approximate surface area is 577 Å². The van der Waals surface area contributed by atoms with E-state index in [-0.39, 0.29) is 6.04 Å². The van der Waals surface area contributed by atoms with Gasteiger partial charge in [-0.2, -0.15) is 0 Å². The number of nitrogens with zero attached hydrogens (tertiary/aromatic N) is 4. The SMILES string of the molecule is C1=CC(N(c2ccccc2)c2c3ccccc3c(-c3ccc(N(c4ccc(-c5c6ccccc6c(N(c6ccccc6)c6ccccc6)c6ccccc56)cc4)c4ccc(-c5c6ccccc6c(N(c6ccccc6)c6ccccc6)c6ccccc56)cc4)cc3)c3ccccc23)C=C1. The third kappa shape index (κ3) is 10.3. The van der Waals surface area contributed by atoms with Gasteiger partial charge in [-0.3, -0.25) is 0 Å². The van der Waals surface area contributed by atoms with Crippen molar-refractivity contribution in [1.82, 2.24) is 0 Å². The Hall–Kier alpha value is -13.0. The van der Waals surface area contributed by atoms with E-state index in [1.54, 1.807) is 0 Å². The number of hydrogen-bond acceptors (Lipinski definition) is 4. The van der Waals surface area contributed by atoms with Crippen molar-refractivity contribution in [2.75, 3.05) is 19.6 Å². The van der Waals surface area contributed by atoms with Crippen LogP contribution >= 0.6 is 0 Å². The lowest BCUT2D eigenvalue weighted by Gasteiger charge is -2.32. The molecule has 0 heterocycles. The van der Waals surface area contributed by atoms with E-state index < -0.39 is 0 Å². The van der Waals surface area contributed by atoms with Gasteiger partial charge < -0.3 is 19.6 Å². The highest BCUT2D eigenvalue weighted by atomic mass is 15.2. The van der Waals surface area contributed by atoms with Gasteiger partial charge in [0, 0.05) is 77.8 Å². The lowest BCUT2D eigenvalue weighted by Crippen LogP contribution is -2.27. The Morgan fingerprint density at radius 1 is 0.162 bits per heavy atom. The summed E-state index contributed by atoms with van der Waals surface area (Å²) in [5, 5.41) is 14.3. The second-order valence-electron chi connectivity index (χ2n) is 25.4. The van der Waals surface area contributed by atoms with E-state index in [0.717, 1.165) is 73.6 Å². The minimum Gasteiger partial charge on any atom is -0.330 e. The standard InChI is InChI=1S/C95H66N4/c1-6-30-69(31-7-1)97(70-32-8-2-9-33-70)93-84-48-24-18-42-78(84)90(79-43-19-25-49-85(79)93)66-54-60-75(61-55-66)96(77-64-58-68(59-65-77)92-82-46-22-28-52-88(82)95(89-53-29-23-47-83(89)92)99(74-40-16-17-41-74)73-38-14-5-15-39-73)76-62-56-67(57-63-76)91-80-44-20-26-50-86(80)94(87-51-27-21-45-81(87)91)98(71-34-10-3-11-35-71)72-36-12-4-13-37-72/h1-65,74H. The Morgan fingerprint density at radius 3 is 0.616 bits per heavy atom. The fourth-order valence-corrected chi connectivity index (χ4v) is 15.5. The molecule has 0 radical (unpaired) electrons. The van der Waals surface area contributed by atoms with Crippen LogP contribution in [0.4, 0.5) is 62.6 Å². The van der Waals surface area contributed by atoms with Crippen molar-refractivity contribution in [2.24, 2.45) is 0 Å². The largest absolute Gasteiger partial charge is 0.330 e. The fraction of sp³-hybridized carbons (Fsp3) is 0.0105. The second-order valence-corrected chi connectivity index (χ2v) is 25.4. The normalized spacial score (nSPS) is 12.1. The zero-order valence-electron chi connectivity index (χ0n) is 54.4. The molecule has 18 rings (SSSR count). The molecule has 17 aromatic rings. The fourth-order valence-electron chi connectivity index (χ4n) is 15.5. The van der Waals surface area contributed by atoms with Crippen molar-refractivity contribution in [3.8, 4) is 33.4 Å². The molecule has 0 bridgehead atoms.